The Balaban J connectivity index is 1.85. The Morgan fingerprint density at radius 1 is 1.18 bits per heavy atom. The van der Waals surface area contributed by atoms with Gasteiger partial charge in [0.1, 0.15) is 5.75 Å². The average molecular weight is 305 g/mol. The molecule has 22 heavy (non-hydrogen) atoms. The first-order valence-electron chi connectivity index (χ1n) is 7.42. The van der Waals surface area contributed by atoms with Crippen LogP contribution in [0, 0.1) is 5.92 Å². The lowest BCUT2D eigenvalue weighted by atomic mass is 9.96. The Bertz CT molecular complexity index is 520. The van der Waals surface area contributed by atoms with Gasteiger partial charge in [0.05, 0.1) is 7.11 Å². The van der Waals surface area contributed by atoms with E-state index in [4.69, 9.17) is 4.74 Å². The molecule has 1 N–H and O–H groups in total. The quantitative estimate of drug-likeness (QED) is 0.929. The number of methoxy groups -OCH3 is 1. The van der Waals surface area contributed by atoms with Crippen molar-refractivity contribution in [2.24, 2.45) is 5.92 Å². The van der Waals surface area contributed by atoms with E-state index >= 15 is 0 Å². The number of amides is 3. The van der Waals surface area contributed by atoms with E-state index in [0.29, 0.717) is 25.9 Å². The Kier molecular flexibility index (Phi) is 5.25. The van der Waals surface area contributed by atoms with E-state index in [-0.39, 0.29) is 17.9 Å². The summed E-state index contributed by atoms with van der Waals surface area (Å²) in [4.78, 5) is 27.5. The van der Waals surface area contributed by atoms with Crippen LogP contribution in [0.25, 0.3) is 0 Å². The zero-order valence-electron chi connectivity index (χ0n) is 13.3. The van der Waals surface area contributed by atoms with Crippen molar-refractivity contribution in [3.05, 3.63) is 24.3 Å². The maximum atomic E-state index is 12.3. The first kappa shape index (κ1) is 16.1. The normalized spacial score (nSPS) is 15.3. The summed E-state index contributed by atoms with van der Waals surface area (Å²) in [6.45, 7) is 1.25. The van der Waals surface area contributed by atoms with E-state index in [9.17, 15) is 9.59 Å². The number of benzene rings is 1. The molecule has 6 heteroatoms. The molecule has 0 bridgehead atoms. The van der Waals surface area contributed by atoms with Crippen LogP contribution in [0.1, 0.15) is 12.8 Å². The fourth-order valence-corrected chi connectivity index (χ4v) is 2.53. The average Bonchev–Trinajstić information content (AvgIpc) is 2.55. The summed E-state index contributed by atoms with van der Waals surface area (Å²) in [5, 5.41) is 2.92. The number of hydrogen-bond acceptors (Lipinski definition) is 3. The molecule has 1 aliphatic rings. The van der Waals surface area contributed by atoms with Crippen LogP contribution in [0.2, 0.25) is 0 Å². The number of likely N-dealkylation sites (tertiary alicyclic amines) is 1. The molecule has 0 aliphatic carbocycles. The minimum Gasteiger partial charge on any atom is -0.497 e. The summed E-state index contributed by atoms with van der Waals surface area (Å²) in [5.41, 5.74) is 0.762. The fourth-order valence-electron chi connectivity index (χ4n) is 2.53. The molecule has 1 heterocycles. The number of urea groups is 1. The van der Waals surface area contributed by atoms with Crippen LogP contribution in [0.4, 0.5) is 10.5 Å². The lowest BCUT2D eigenvalue weighted by Crippen LogP contribution is -2.45. The van der Waals surface area contributed by atoms with E-state index in [0.717, 1.165) is 11.4 Å². The molecule has 0 saturated carbocycles. The lowest BCUT2D eigenvalue weighted by molar-refractivity contribution is -0.121. The van der Waals surface area contributed by atoms with Crippen LogP contribution >= 0.6 is 0 Å². The summed E-state index contributed by atoms with van der Waals surface area (Å²) in [6.07, 6.45) is 1.39. The molecule has 2 rings (SSSR count). The van der Waals surface area contributed by atoms with Crippen molar-refractivity contribution < 1.29 is 14.3 Å². The topological polar surface area (TPSA) is 61.9 Å². The molecular formula is C16H23N3O3. The Hall–Kier alpha value is -2.24. The SMILES string of the molecule is COc1ccc(NC(=O)C2CCN(C(=O)N(C)C)CC2)cc1. The number of carbonyl (C=O) groups excluding carboxylic acids is 2. The molecule has 0 radical (unpaired) electrons. The van der Waals surface area contributed by atoms with Crippen LogP contribution in [0.5, 0.6) is 5.75 Å². The summed E-state index contributed by atoms with van der Waals surface area (Å²) < 4.78 is 5.09. The van der Waals surface area contributed by atoms with Gasteiger partial charge in [0, 0.05) is 38.8 Å². The fraction of sp³-hybridized carbons (Fsp3) is 0.500. The molecule has 0 unspecified atom stereocenters. The Morgan fingerprint density at radius 2 is 1.77 bits per heavy atom. The highest BCUT2D eigenvalue weighted by atomic mass is 16.5. The third-order valence-corrected chi connectivity index (χ3v) is 3.88. The van der Waals surface area contributed by atoms with Crippen molar-refractivity contribution in [2.75, 3.05) is 39.6 Å². The number of piperidine rings is 1. The maximum Gasteiger partial charge on any atom is 0.319 e. The molecular weight excluding hydrogens is 282 g/mol. The number of nitrogens with one attached hydrogen (secondary N) is 1. The van der Waals surface area contributed by atoms with Crippen molar-refractivity contribution in [3.63, 3.8) is 0 Å². The van der Waals surface area contributed by atoms with Gasteiger partial charge in [-0.15, -0.1) is 0 Å². The predicted molar refractivity (Wildman–Crippen MR) is 85.0 cm³/mol. The smallest absolute Gasteiger partial charge is 0.319 e. The first-order chi connectivity index (χ1) is 10.5. The third-order valence-electron chi connectivity index (χ3n) is 3.88. The Labute approximate surface area is 131 Å². The molecule has 1 aromatic rings. The molecule has 6 nitrogen and oxygen atoms in total. The van der Waals surface area contributed by atoms with Gasteiger partial charge in [-0.1, -0.05) is 0 Å². The number of anilines is 1. The first-order valence-corrected chi connectivity index (χ1v) is 7.42. The highest BCUT2D eigenvalue weighted by Gasteiger charge is 2.27. The second-order valence-corrected chi connectivity index (χ2v) is 5.66. The highest BCUT2D eigenvalue weighted by molar-refractivity contribution is 5.92. The van der Waals surface area contributed by atoms with E-state index < -0.39 is 0 Å². The van der Waals surface area contributed by atoms with Crippen molar-refractivity contribution in [3.8, 4) is 5.75 Å². The van der Waals surface area contributed by atoms with Gasteiger partial charge in [0.15, 0.2) is 0 Å². The van der Waals surface area contributed by atoms with Gasteiger partial charge in [0.25, 0.3) is 0 Å². The number of carbonyl (C=O) groups is 2. The summed E-state index contributed by atoms with van der Waals surface area (Å²) in [6, 6.07) is 7.28. The minimum atomic E-state index is -0.0479. The van der Waals surface area contributed by atoms with Gasteiger partial charge in [-0.25, -0.2) is 4.79 Å². The monoisotopic (exact) mass is 305 g/mol. The van der Waals surface area contributed by atoms with Gasteiger partial charge < -0.3 is 19.9 Å². The van der Waals surface area contributed by atoms with E-state index in [2.05, 4.69) is 5.32 Å². The zero-order chi connectivity index (χ0) is 16.1. The second kappa shape index (κ2) is 7.15. The summed E-state index contributed by atoms with van der Waals surface area (Å²) in [7, 11) is 5.09. The van der Waals surface area contributed by atoms with Crippen LogP contribution in [-0.2, 0) is 4.79 Å². The van der Waals surface area contributed by atoms with Gasteiger partial charge >= 0.3 is 6.03 Å². The van der Waals surface area contributed by atoms with Crippen LogP contribution < -0.4 is 10.1 Å². The van der Waals surface area contributed by atoms with E-state index in [1.807, 2.05) is 24.3 Å². The van der Waals surface area contributed by atoms with E-state index in [1.165, 1.54) is 0 Å². The highest BCUT2D eigenvalue weighted by Crippen LogP contribution is 2.21. The largest absolute Gasteiger partial charge is 0.497 e. The molecule has 0 spiro atoms. The molecule has 120 valence electrons. The molecule has 0 aromatic heterocycles. The van der Waals surface area contributed by atoms with Crippen LogP contribution in [-0.4, -0.2) is 56.0 Å². The lowest BCUT2D eigenvalue weighted by Gasteiger charge is -2.33. The van der Waals surface area contributed by atoms with Gasteiger partial charge in [0.2, 0.25) is 5.91 Å². The third kappa shape index (κ3) is 3.90. The number of ether oxygens (including phenoxy) is 1. The van der Waals surface area contributed by atoms with Crippen LogP contribution in [0.15, 0.2) is 24.3 Å². The van der Waals surface area contributed by atoms with Gasteiger partial charge in [-0.05, 0) is 37.1 Å². The van der Waals surface area contributed by atoms with Gasteiger partial charge in [-0.3, -0.25) is 4.79 Å². The van der Waals surface area contributed by atoms with Crippen molar-refractivity contribution >= 4 is 17.6 Å². The molecule has 1 aromatic carbocycles. The summed E-state index contributed by atoms with van der Waals surface area (Å²) >= 11 is 0. The molecule has 3 amide bonds. The Morgan fingerprint density at radius 3 is 2.27 bits per heavy atom. The predicted octanol–water partition coefficient (Wildman–Crippen LogP) is 2.03. The van der Waals surface area contributed by atoms with E-state index in [1.54, 1.807) is 31.0 Å². The standard InChI is InChI=1S/C16H23N3O3/c1-18(2)16(21)19-10-8-12(9-11-19)15(20)17-13-4-6-14(22-3)7-5-13/h4-7,12H,8-11H2,1-3H3,(H,17,20). The van der Waals surface area contributed by atoms with Crippen LogP contribution in [0.3, 0.4) is 0 Å². The van der Waals surface area contributed by atoms with Crippen molar-refractivity contribution in [1.82, 2.24) is 9.80 Å². The molecule has 1 saturated heterocycles. The minimum absolute atomic E-state index is 0.00834. The van der Waals surface area contributed by atoms with Crippen molar-refractivity contribution in [1.29, 1.82) is 0 Å². The number of hydrogen-bond donors (Lipinski definition) is 1. The molecule has 0 atom stereocenters. The molecule has 1 fully saturated rings. The number of nitrogens with zero attached hydrogens (tertiary/aromatic N) is 2. The summed E-state index contributed by atoms with van der Waals surface area (Å²) in [5.74, 6) is 0.726. The number of rotatable bonds is 3. The van der Waals surface area contributed by atoms with Gasteiger partial charge in [-0.2, -0.15) is 0 Å². The molecule has 1 aliphatic heterocycles. The second-order valence-electron chi connectivity index (χ2n) is 5.66. The van der Waals surface area contributed by atoms with Crippen molar-refractivity contribution in [2.45, 2.75) is 12.8 Å². The zero-order valence-corrected chi connectivity index (χ0v) is 13.3. The maximum absolute atomic E-state index is 12.3.